The summed E-state index contributed by atoms with van der Waals surface area (Å²) in [5.74, 6) is 1.04. The number of fused-ring (bicyclic) bond motifs is 1. The molecular weight excluding hydrogens is 400 g/mol. The van der Waals surface area contributed by atoms with E-state index in [4.69, 9.17) is 16.6 Å². The number of aliphatic imine (C=N–C) groups is 1. The van der Waals surface area contributed by atoms with Gasteiger partial charge in [-0.2, -0.15) is 0 Å². The summed E-state index contributed by atoms with van der Waals surface area (Å²) in [6, 6.07) is 6.10. The molecule has 3 rings (SSSR count). The zero-order valence-corrected chi connectivity index (χ0v) is 18.9. The third-order valence-electron chi connectivity index (χ3n) is 5.20. The first-order chi connectivity index (χ1) is 14.5. The van der Waals surface area contributed by atoms with Crippen LogP contribution in [0.5, 0.6) is 0 Å². The van der Waals surface area contributed by atoms with E-state index < -0.39 is 0 Å². The van der Waals surface area contributed by atoms with Crippen LogP contribution in [0, 0.1) is 0 Å². The number of hydrogen-bond acceptors (Lipinski definition) is 3. The lowest BCUT2D eigenvalue weighted by atomic mass is 10.1. The van der Waals surface area contributed by atoms with Crippen LogP contribution in [0.1, 0.15) is 26.3 Å². The maximum atomic E-state index is 12.0. The lowest BCUT2D eigenvalue weighted by Gasteiger charge is -2.36. The first kappa shape index (κ1) is 22.4. The van der Waals surface area contributed by atoms with E-state index in [9.17, 15) is 4.79 Å². The number of rotatable bonds is 7. The highest BCUT2D eigenvalue weighted by Gasteiger charge is 2.21. The van der Waals surface area contributed by atoms with Crippen LogP contribution >= 0.6 is 11.6 Å². The molecule has 3 N–H and O–H groups in total. The van der Waals surface area contributed by atoms with Crippen LogP contribution in [0.3, 0.4) is 0 Å². The monoisotopic (exact) mass is 432 g/mol. The van der Waals surface area contributed by atoms with E-state index in [1.807, 2.05) is 38.2 Å². The van der Waals surface area contributed by atoms with Crippen LogP contribution in [0.15, 0.2) is 29.4 Å². The first-order valence-corrected chi connectivity index (χ1v) is 11.1. The van der Waals surface area contributed by atoms with E-state index in [-0.39, 0.29) is 11.9 Å². The molecule has 0 saturated carbocycles. The molecule has 1 aromatic heterocycles. The summed E-state index contributed by atoms with van der Waals surface area (Å²) < 4.78 is 0. The maximum Gasteiger partial charge on any atom is 0.234 e. The standard InChI is InChI=1S/C22H33ClN6O/c1-4-24-22(29-11-9-28(10-12-29)15-21(30)27-16(2)3)25-8-7-17-14-26-20-6-5-18(23)13-19(17)20/h5-6,13-14,16,26H,4,7-12,15H2,1-3H3,(H,24,25)(H,27,30). The Labute approximate surface area is 183 Å². The molecule has 0 atom stereocenters. The summed E-state index contributed by atoms with van der Waals surface area (Å²) in [6.45, 7) is 11.5. The number of nitrogens with one attached hydrogen (secondary N) is 3. The molecule has 2 aromatic rings. The Hall–Kier alpha value is -2.25. The minimum absolute atomic E-state index is 0.0952. The molecule has 0 unspecified atom stereocenters. The smallest absolute Gasteiger partial charge is 0.234 e. The van der Waals surface area contributed by atoms with E-state index in [0.717, 1.165) is 61.0 Å². The van der Waals surface area contributed by atoms with Gasteiger partial charge in [0.2, 0.25) is 5.91 Å². The third kappa shape index (κ3) is 6.12. The van der Waals surface area contributed by atoms with Crippen molar-refractivity contribution in [3.8, 4) is 0 Å². The number of aromatic amines is 1. The van der Waals surface area contributed by atoms with Gasteiger partial charge in [-0.1, -0.05) is 11.6 Å². The highest BCUT2D eigenvalue weighted by atomic mass is 35.5. The Morgan fingerprint density at radius 2 is 2.03 bits per heavy atom. The highest BCUT2D eigenvalue weighted by molar-refractivity contribution is 6.31. The van der Waals surface area contributed by atoms with Gasteiger partial charge in [0.25, 0.3) is 0 Å². The summed E-state index contributed by atoms with van der Waals surface area (Å²) in [5, 5.41) is 8.28. The Kier molecular flexibility index (Phi) is 7.99. The van der Waals surface area contributed by atoms with Crippen molar-refractivity contribution in [3.05, 3.63) is 35.0 Å². The highest BCUT2D eigenvalue weighted by Crippen LogP contribution is 2.22. The number of carbonyl (C=O) groups is 1. The van der Waals surface area contributed by atoms with E-state index in [2.05, 4.69) is 32.3 Å². The van der Waals surface area contributed by atoms with E-state index in [1.165, 1.54) is 5.56 Å². The topological polar surface area (TPSA) is 75.8 Å². The van der Waals surface area contributed by atoms with Gasteiger partial charge >= 0.3 is 0 Å². The van der Waals surface area contributed by atoms with Gasteiger partial charge in [-0.25, -0.2) is 0 Å². The van der Waals surface area contributed by atoms with Crippen molar-refractivity contribution in [2.45, 2.75) is 33.2 Å². The molecular formula is C22H33ClN6O. The molecule has 1 aromatic carbocycles. The maximum absolute atomic E-state index is 12.0. The van der Waals surface area contributed by atoms with Gasteiger partial charge in [-0.15, -0.1) is 0 Å². The normalized spacial score (nSPS) is 15.8. The van der Waals surface area contributed by atoms with Gasteiger partial charge in [0.05, 0.1) is 6.54 Å². The molecule has 1 saturated heterocycles. The number of guanidine groups is 1. The van der Waals surface area contributed by atoms with Crippen LogP contribution in [0.2, 0.25) is 5.02 Å². The fraction of sp³-hybridized carbons (Fsp3) is 0.545. The average Bonchev–Trinajstić information content (AvgIpc) is 3.09. The molecule has 164 valence electrons. The summed E-state index contributed by atoms with van der Waals surface area (Å²) in [4.78, 5) is 24.6. The van der Waals surface area contributed by atoms with Gasteiger partial charge in [0, 0.05) is 67.4 Å². The lowest BCUT2D eigenvalue weighted by Crippen LogP contribution is -2.54. The summed E-state index contributed by atoms with van der Waals surface area (Å²) in [6.07, 6.45) is 2.90. The second-order valence-corrected chi connectivity index (χ2v) is 8.41. The number of H-pyrrole nitrogens is 1. The van der Waals surface area contributed by atoms with Gasteiger partial charge in [-0.05, 0) is 51.0 Å². The predicted molar refractivity (Wildman–Crippen MR) is 124 cm³/mol. The number of halogens is 1. The Morgan fingerprint density at radius 3 is 2.73 bits per heavy atom. The van der Waals surface area contributed by atoms with Crippen LogP contribution in [0.4, 0.5) is 0 Å². The number of nitrogens with zero attached hydrogens (tertiary/aromatic N) is 3. The third-order valence-corrected chi connectivity index (χ3v) is 5.43. The number of amides is 1. The van der Waals surface area contributed by atoms with Crippen LogP contribution in [-0.4, -0.2) is 78.5 Å². The fourth-order valence-corrected chi connectivity index (χ4v) is 3.93. The zero-order valence-electron chi connectivity index (χ0n) is 18.2. The van der Waals surface area contributed by atoms with Crippen molar-refractivity contribution in [2.75, 3.05) is 45.8 Å². The van der Waals surface area contributed by atoms with Crippen molar-refractivity contribution < 1.29 is 4.79 Å². The van der Waals surface area contributed by atoms with Crippen molar-refractivity contribution in [1.29, 1.82) is 0 Å². The number of hydrogen-bond donors (Lipinski definition) is 3. The summed E-state index contributed by atoms with van der Waals surface area (Å²) in [7, 11) is 0. The predicted octanol–water partition coefficient (Wildman–Crippen LogP) is 2.47. The number of carbonyl (C=O) groups excluding carboxylic acids is 1. The van der Waals surface area contributed by atoms with Crippen molar-refractivity contribution in [1.82, 2.24) is 25.4 Å². The molecule has 0 aliphatic carbocycles. The summed E-state index contributed by atoms with van der Waals surface area (Å²) in [5.41, 5.74) is 2.33. The zero-order chi connectivity index (χ0) is 21.5. The Morgan fingerprint density at radius 1 is 1.27 bits per heavy atom. The van der Waals surface area contributed by atoms with Crippen LogP contribution in [0.25, 0.3) is 10.9 Å². The van der Waals surface area contributed by atoms with Gasteiger partial charge < -0.3 is 20.5 Å². The van der Waals surface area contributed by atoms with E-state index in [0.29, 0.717) is 13.1 Å². The average molecular weight is 433 g/mol. The van der Waals surface area contributed by atoms with Gasteiger partial charge in [0.15, 0.2) is 5.96 Å². The second kappa shape index (κ2) is 10.7. The molecule has 0 radical (unpaired) electrons. The second-order valence-electron chi connectivity index (χ2n) is 7.97. The Bertz CT molecular complexity index is 870. The van der Waals surface area contributed by atoms with Crippen molar-refractivity contribution in [3.63, 3.8) is 0 Å². The minimum Gasteiger partial charge on any atom is -0.361 e. The quantitative estimate of drug-likeness (QED) is 0.464. The molecule has 1 aliphatic heterocycles. The lowest BCUT2D eigenvalue weighted by molar-refractivity contribution is -0.123. The molecule has 2 heterocycles. The first-order valence-electron chi connectivity index (χ1n) is 10.8. The molecule has 1 amide bonds. The molecule has 8 heteroatoms. The summed E-state index contributed by atoms with van der Waals surface area (Å²) >= 11 is 6.16. The number of piperazine rings is 1. The number of benzene rings is 1. The molecule has 1 fully saturated rings. The fourth-order valence-electron chi connectivity index (χ4n) is 3.75. The van der Waals surface area contributed by atoms with Crippen LogP contribution in [-0.2, 0) is 11.2 Å². The number of aromatic nitrogens is 1. The molecule has 30 heavy (non-hydrogen) atoms. The van der Waals surface area contributed by atoms with Crippen LogP contribution < -0.4 is 10.6 Å². The Balaban J connectivity index is 1.54. The van der Waals surface area contributed by atoms with E-state index in [1.54, 1.807) is 0 Å². The molecule has 7 nitrogen and oxygen atoms in total. The largest absolute Gasteiger partial charge is 0.361 e. The van der Waals surface area contributed by atoms with Gasteiger partial charge in [-0.3, -0.25) is 14.7 Å². The molecule has 0 bridgehead atoms. The van der Waals surface area contributed by atoms with Crippen molar-refractivity contribution in [2.24, 2.45) is 4.99 Å². The molecule has 1 aliphatic rings. The van der Waals surface area contributed by atoms with Gasteiger partial charge in [0.1, 0.15) is 0 Å². The SMILES string of the molecule is CCNC(=NCCc1c[nH]c2ccc(Cl)cc12)N1CCN(CC(=O)NC(C)C)CC1. The minimum atomic E-state index is 0.0952. The molecule has 0 spiro atoms. The van der Waals surface area contributed by atoms with E-state index >= 15 is 0 Å². The van der Waals surface area contributed by atoms with Crippen molar-refractivity contribution >= 4 is 34.4 Å².